The molecule has 0 aromatic rings. The van der Waals surface area contributed by atoms with Gasteiger partial charge in [0.25, 0.3) is 0 Å². The predicted octanol–water partition coefficient (Wildman–Crippen LogP) is 5.62. The van der Waals surface area contributed by atoms with E-state index in [0.717, 1.165) is 57.8 Å². The second-order valence-corrected chi connectivity index (χ2v) is 9.91. The average molecular weight is 467 g/mol. The van der Waals surface area contributed by atoms with Gasteiger partial charge in [0.1, 0.15) is 0 Å². The Balaban J connectivity index is 4.38. The number of nitrogens with one attached hydrogen (secondary N) is 1. The van der Waals surface area contributed by atoms with Crippen LogP contribution in [-0.2, 0) is 4.79 Å². The first-order chi connectivity index (χ1) is 15.9. The molecule has 0 aromatic carbocycles. The number of hydrogen-bond donors (Lipinski definition) is 3. The zero-order valence-corrected chi connectivity index (χ0v) is 21.8. The van der Waals surface area contributed by atoms with Gasteiger partial charge in [-0.05, 0) is 50.9 Å². The minimum absolute atomic E-state index is 0.0868. The molecule has 0 bridgehead atoms. The molecule has 5 nitrogen and oxygen atoms in total. The van der Waals surface area contributed by atoms with Gasteiger partial charge in [0.2, 0.25) is 5.91 Å². The Bertz CT molecular complexity index is 454. The van der Waals surface area contributed by atoms with Crippen molar-refractivity contribution in [1.82, 2.24) is 10.2 Å². The van der Waals surface area contributed by atoms with Crippen LogP contribution in [0, 0.1) is 5.92 Å². The maximum Gasteiger partial charge on any atom is 0.220 e. The van der Waals surface area contributed by atoms with Crippen molar-refractivity contribution in [1.29, 1.82) is 0 Å². The van der Waals surface area contributed by atoms with Gasteiger partial charge >= 0.3 is 0 Å². The zero-order valence-electron chi connectivity index (χ0n) is 21.8. The number of aliphatic hydroxyl groups is 2. The summed E-state index contributed by atoms with van der Waals surface area (Å²) in [5.74, 6) is 0.606. The topological polar surface area (TPSA) is 72.8 Å². The predicted molar refractivity (Wildman–Crippen MR) is 141 cm³/mol. The SMILES string of the molecule is C=CCCCCCCC(O)CN(CCNC(=O)CCC(C)C)CC(O)CCCCCCC=C. The second kappa shape index (κ2) is 22.6. The van der Waals surface area contributed by atoms with Gasteiger partial charge in [0.05, 0.1) is 12.2 Å². The Morgan fingerprint density at radius 3 is 1.76 bits per heavy atom. The molecule has 0 rings (SSSR count). The summed E-state index contributed by atoms with van der Waals surface area (Å²) >= 11 is 0. The van der Waals surface area contributed by atoms with Gasteiger partial charge in [-0.2, -0.15) is 0 Å². The molecule has 0 aliphatic heterocycles. The summed E-state index contributed by atoms with van der Waals surface area (Å²) in [5.41, 5.74) is 0. The van der Waals surface area contributed by atoms with Crippen LogP contribution in [0.1, 0.15) is 104 Å². The molecule has 0 heterocycles. The first kappa shape index (κ1) is 31.8. The van der Waals surface area contributed by atoms with Gasteiger partial charge in [-0.15, -0.1) is 13.2 Å². The third kappa shape index (κ3) is 22.4. The minimum atomic E-state index is -0.396. The van der Waals surface area contributed by atoms with E-state index in [1.165, 1.54) is 25.7 Å². The molecule has 0 aliphatic rings. The van der Waals surface area contributed by atoms with Crippen LogP contribution in [0.5, 0.6) is 0 Å². The van der Waals surface area contributed by atoms with Gasteiger partial charge < -0.3 is 15.5 Å². The van der Waals surface area contributed by atoms with Gasteiger partial charge in [0.15, 0.2) is 0 Å². The van der Waals surface area contributed by atoms with Gasteiger partial charge in [-0.1, -0.05) is 64.5 Å². The summed E-state index contributed by atoms with van der Waals surface area (Å²) in [7, 11) is 0. The number of hydrogen-bond acceptors (Lipinski definition) is 4. The summed E-state index contributed by atoms with van der Waals surface area (Å²) in [5, 5.41) is 24.1. The van der Waals surface area contributed by atoms with Crippen LogP contribution in [0.25, 0.3) is 0 Å². The molecule has 0 saturated heterocycles. The summed E-state index contributed by atoms with van der Waals surface area (Å²) in [4.78, 5) is 14.2. The zero-order chi connectivity index (χ0) is 24.7. The lowest BCUT2D eigenvalue weighted by molar-refractivity contribution is -0.121. The molecule has 0 aromatic heterocycles. The van der Waals surface area contributed by atoms with E-state index in [1.54, 1.807) is 0 Å². The van der Waals surface area contributed by atoms with Crippen LogP contribution < -0.4 is 5.32 Å². The van der Waals surface area contributed by atoms with Crippen molar-refractivity contribution < 1.29 is 15.0 Å². The lowest BCUT2D eigenvalue weighted by Gasteiger charge is -2.27. The van der Waals surface area contributed by atoms with Crippen LogP contribution in [0.15, 0.2) is 25.3 Å². The normalized spacial score (nSPS) is 13.3. The molecule has 0 aliphatic carbocycles. The van der Waals surface area contributed by atoms with Crippen molar-refractivity contribution >= 4 is 5.91 Å². The maximum atomic E-state index is 12.0. The summed E-state index contributed by atoms with van der Waals surface area (Å²) in [6.07, 6.45) is 17.3. The van der Waals surface area contributed by atoms with Crippen molar-refractivity contribution in [2.24, 2.45) is 5.92 Å². The highest BCUT2D eigenvalue weighted by molar-refractivity contribution is 5.75. The van der Waals surface area contributed by atoms with Crippen molar-refractivity contribution in [2.75, 3.05) is 26.2 Å². The molecule has 1 amide bonds. The molecular weight excluding hydrogens is 412 g/mol. The monoisotopic (exact) mass is 466 g/mol. The first-order valence-corrected chi connectivity index (χ1v) is 13.5. The Kier molecular flexibility index (Phi) is 21.8. The highest BCUT2D eigenvalue weighted by atomic mass is 16.3. The second-order valence-electron chi connectivity index (χ2n) is 9.91. The molecule has 194 valence electrons. The Hall–Kier alpha value is -1.17. The van der Waals surface area contributed by atoms with E-state index in [-0.39, 0.29) is 5.91 Å². The molecule has 2 unspecified atom stereocenters. The standard InChI is InChI=1S/C28H54N2O3/c1-5-7-9-11-13-15-17-26(31)23-30(22-21-29-28(33)20-19-25(3)4)24-27(32)18-16-14-12-10-8-6-2/h5-6,25-27,31-32H,1-2,7-24H2,3-4H3,(H,29,33). The van der Waals surface area contributed by atoms with E-state index < -0.39 is 12.2 Å². The lowest BCUT2D eigenvalue weighted by Crippen LogP contribution is -2.42. The van der Waals surface area contributed by atoms with Crippen LogP contribution in [0.3, 0.4) is 0 Å². The molecule has 0 spiro atoms. The Morgan fingerprint density at radius 2 is 1.30 bits per heavy atom. The van der Waals surface area contributed by atoms with Crippen molar-refractivity contribution in [3.63, 3.8) is 0 Å². The molecular formula is C28H54N2O3. The third-order valence-corrected chi connectivity index (χ3v) is 6.03. The Morgan fingerprint density at radius 1 is 0.818 bits per heavy atom. The number of nitrogens with zero attached hydrogens (tertiary/aromatic N) is 1. The summed E-state index contributed by atoms with van der Waals surface area (Å²) in [6.45, 7) is 14.1. The van der Waals surface area contributed by atoms with E-state index in [4.69, 9.17) is 0 Å². The molecule has 0 fully saturated rings. The van der Waals surface area contributed by atoms with Crippen molar-refractivity contribution in [2.45, 2.75) is 116 Å². The first-order valence-electron chi connectivity index (χ1n) is 13.5. The number of carbonyl (C=O) groups excluding carboxylic acids is 1. The molecule has 5 heteroatoms. The van der Waals surface area contributed by atoms with E-state index in [2.05, 4.69) is 37.2 Å². The van der Waals surface area contributed by atoms with E-state index in [1.807, 2.05) is 12.2 Å². The van der Waals surface area contributed by atoms with Crippen molar-refractivity contribution in [3.05, 3.63) is 25.3 Å². The quantitative estimate of drug-likeness (QED) is 0.128. The smallest absolute Gasteiger partial charge is 0.220 e. The van der Waals surface area contributed by atoms with Gasteiger partial charge in [0, 0.05) is 32.6 Å². The molecule has 2 atom stereocenters. The number of amides is 1. The van der Waals surface area contributed by atoms with Gasteiger partial charge in [-0.25, -0.2) is 0 Å². The van der Waals surface area contributed by atoms with E-state index >= 15 is 0 Å². The molecule has 33 heavy (non-hydrogen) atoms. The number of unbranched alkanes of at least 4 members (excludes halogenated alkanes) is 8. The number of allylic oxidation sites excluding steroid dienone is 2. The van der Waals surface area contributed by atoms with Crippen LogP contribution in [0.4, 0.5) is 0 Å². The largest absolute Gasteiger partial charge is 0.392 e. The van der Waals surface area contributed by atoms with Crippen LogP contribution in [0.2, 0.25) is 0 Å². The molecule has 0 saturated carbocycles. The minimum Gasteiger partial charge on any atom is -0.392 e. The van der Waals surface area contributed by atoms with E-state index in [9.17, 15) is 15.0 Å². The number of aliphatic hydroxyl groups excluding tert-OH is 2. The van der Waals surface area contributed by atoms with Crippen LogP contribution >= 0.6 is 0 Å². The fourth-order valence-corrected chi connectivity index (χ4v) is 3.94. The maximum absolute atomic E-state index is 12.0. The average Bonchev–Trinajstić information content (AvgIpc) is 2.77. The highest BCUT2D eigenvalue weighted by Crippen LogP contribution is 2.11. The fraction of sp³-hybridized carbons (Fsp3) is 0.821. The third-order valence-electron chi connectivity index (χ3n) is 6.03. The summed E-state index contributed by atoms with van der Waals surface area (Å²) < 4.78 is 0. The number of rotatable bonds is 24. The van der Waals surface area contributed by atoms with Crippen molar-refractivity contribution in [3.8, 4) is 0 Å². The summed E-state index contributed by atoms with van der Waals surface area (Å²) in [6, 6.07) is 0. The molecule has 3 N–H and O–H groups in total. The Labute approximate surface area is 204 Å². The highest BCUT2D eigenvalue weighted by Gasteiger charge is 2.16. The molecule has 0 radical (unpaired) electrons. The fourth-order valence-electron chi connectivity index (χ4n) is 3.94. The van der Waals surface area contributed by atoms with E-state index in [0.29, 0.717) is 38.5 Å². The number of carbonyl (C=O) groups is 1. The van der Waals surface area contributed by atoms with Crippen LogP contribution in [-0.4, -0.2) is 59.4 Å². The van der Waals surface area contributed by atoms with Gasteiger partial charge in [-0.3, -0.25) is 9.69 Å². The lowest BCUT2D eigenvalue weighted by atomic mass is 10.1.